The van der Waals surface area contributed by atoms with Gasteiger partial charge in [-0.3, -0.25) is 9.98 Å². The van der Waals surface area contributed by atoms with E-state index >= 15 is 0 Å². The molecule has 0 aliphatic carbocycles. The van der Waals surface area contributed by atoms with Gasteiger partial charge in [0.2, 0.25) is 0 Å². The Kier molecular flexibility index (Phi) is 4.56. The van der Waals surface area contributed by atoms with Crippen LogP contribution in [0.3, 0.4) is 0 Å². The summed E-state index contributed by atoms with van der Waals surface area (Å²) in [6.07, 6.45) is 1.94. The second kappa shape index (κ2) is 6.19. The lowest BCUT2D eigenvalue weighted by Crippen LogP contribution is -2.16. The van der Waals surface area contributed by atoms with E-state index in [0.717, 1.165) is 9.79 Å². The summed E-state index contributed by atoms with van der Waals surface area (Å²) in [5, 5.41) is 14.8. The Balaban J connectivity index is 2.48. The number of nitrogens with one attached hydrogen (secondary N) is 2. The van der Waals surface area contributed by atoms with Gasteiger partial charge in [0, 0.05) is 21.9 Å². The maximum atomic E-state index is 11.6. The second-order valence-corrected chi connectivity index (χ2v) is 5.76. The van der Waals surface area contributed by atoms with Gasteiger partial charge < -0.3 is 5.73 Å². The SMILES string of the molecule is CCn1c(Sc2cccc(SC)c2C(=N)N)n[nH]c1=O. The lowest BCUT2D eigenvalue weighted by molar-refractivity contribution is 0.660. The first-order chi connectivity index (χ1) is 9.58. The minimum atomic E-state index is -0.236. The minimum Gasteiger partial charge on any atom is -0.384 e. The van der Waals surface area contributed by atoms with Crippen molar-refractivity contribution in [1.29, 1.82) is 5.41 Å². The molecule has 0 fully saturated rings. The van der Waals surface area contributed by atoms with Crippen LogP contribution in [-0.2, 0) is 6.54 Å². The topological polar surface area (TPSA) is 101 Å². The molecular weight excluding hydrogens is 294 g/mol. The highest BCUT2D eigenvalue weighted by Crippen LogP contribution is 2.33. The van der Waals surface area contributed by atoms with Gasteiger partial charge in [-0.15, -0.1) is 16.9 Å². The smallest absolute Gasteiger partial charge is 0.343 e. The van der Waals surface area contributed by atoms with Crippen molar-refractivity contribution < 1.29 is 0 Å². The maximum Gasteiger partial charge on any atom is 0.343 e. The number of benzene rings is 1. The Hall–Kier alpha value is -1.67. The second-order valence-electron chi connectivity index (χ2n) is 3.90. The molecule has 8 heteroatoms. The summed E-state index contributed by atoms with van der Waals surface area (Å²) in [6, 6.07) is 5.70. The Morgan fingerprint density at radius 3 is 2.80 bits per heavy atom. The number of nitrogen functional groups attached to an aromatic ring is 1. The molecule has 4 N–H and O–H groups in total. The predicted octanol–water partition coefficient (Wildman–Crippen LogP) is 1.75. The maximum absolute atomic E-state index is 11.6. The van der Waals surface area contributed by atoms with Gasteiger partial charge in [-0.2, -0.15) is 0 Å². The van der Waals surface area contributed by atoms with Crippen molar-refractivity contribution in [3.8, 4) is 0 Å². The number of rotatable bonds is 5. The molecule has 0 saturated heterocycles. The van der Waals surface area contributed by atoms with Gasteiger partial charge in [-0.25, -0.2) is 9.89 Å². The van der Waals surface area contributed by atoms with E-state index in [1.54, 1.807) is 4.57 Å². The molecule has 20 heavy (non-hydrogen) atoms. The van der Waals surface area contributed by atoms with Gasteiger partial charge in [0.15, 0.2) is 5.16 Å². The Morgan fingerprint density at radius 2 is 2.20 bits per heavy atom. The summed E-state index contributed by atoms with van der Waals surface area (Å²) in [4.78, 5) is 13.3. The van der Waals surface area contributed by atoms with Crippen LogP contribution in [0.5, 0.6) is 0 Å². The molecule has 1 aromatic heterocycles. The summed E-state index contributed by atoms with van der Waals surface area (Å²) in [5.74, 6) is 0.0124. The number of H-pyrrole nitrogens is 1. The monoisotopic (exact) mass is 309 g/mol. The van der Waals surface area contributed by atoms with Gasteiger partial charge in [-0.05, 0) is 37.1 Å². The fourth-order valence-electron chi connectivity index (χ4n) is 1.79. The van der Waals surface area contributed by atoms with Gasteiger partial charge in [0.1, 0.15) is 5.84 Å². The van der Waals surface area contributed by atoms with Gasteiger partial charge in [0.25, 0.3) is 0 Å². The van der Waals surface area contributed by atoms with E-state index in [9.17, 15) is 4.79 Å². The highest BCUT2D eigenvalue weighted by molar-refractivity contribution is 7.99. The third kappa shape index (κ3) is 2.75. The number of hydrogen-bond donors (Lipinski definition) is 3. The molecule has 0 aliphatic rings. The summed E-state index contributed by atoms with van der Waals surface area (Å²) < 4.78 is 1.54. The summed E-state index contributed by atoms with van der Waals surface area (Å²) in [5.41, 5.74) is 6.13. The fourth-order valence-corrected chi connectivity index (χ4v) is 3.57. The molecule has 0 aliphatic heterocycles. The Bertz CT molecular complexity index is 691. The van der Waals surface area contributed by atoms with Crippen LogP contribution < -0.4 is 11.4 Å². The standard InChI is InChI=1S/C12H15N5OS2/c1-3-17-11(18)15-16-12(17)20-8-6-4-5-7(19-2)9(8)10(13)14/h4-6H,3H2,1-2H3,(H3,13,14)(H,15,18). The molecule has 0 radical (unpaired) electrons. The number of nitrogens with zero attached hydrogens (tertiary/aromatic N) is 2. The largest absolute Gasteiger partial charge is 0.384 e. The summed E-state index contributed by atoms with van der Waals surface area (Å²) >= 11 is 2.86. The number of nitrogens with two attached hydrogens (primary N) is 1. The van der Waals surface area contributed by atoms with Crippen molar-refractivity contribution in [2.24, 2.45) is 5.73 Å². The predicted molar refractivity (Wildman–Crippen MR) is 81.9 cm³/mol. The van der Waals surface area contributed by atoms with Crippen molar-refractivity contribution in [3.63, 3.8) is 0 Å². The van der Waals surface area contributed by atoms with Gasteiger partial charge in [0.05, 0.1) is 0 Å². The van der Waals surface area contributed by atoms with E-state index in [-0.39, 0.29) is 11.5 Å². The van der Waals surface area contributed by atoms with E-state index in [0.29, 0.717) is 17.3 Å². The number of aromatic nitrogens is 3. The highest BCUT2D eigenvalue weighted by atomic mass is 32.2. The molecule has 0 spiro atoms. The van der Waals surface area contributed by atoms with Gasteiger partial charge >= 0.3 is 5.69 Å². The molecule has 0 unspecified atom stereocenters. The molecule has 2 rings (SSSR count). The zero-order valence-electron chi connectivity index (χ0n) is 11.1. The number of thioether (sulfide) groups is 1. The van der Waals surface area contributed by atoms with Crippen molar-refractivity contribution in [2.45, 2.75) is 28.4 Å². The fraction of sp³-hybridized carbons (Fsp3) is 0.250. The molecule has 6 nitrogen and oxygen atoms in total. The zero-order chi connectivity index (χ0) is 14.7. The summed E-state index contributed by atoms with van der Waals surface area (Å²) in [7, 11) is 0. The van der Waals surface area contributed by atoms with Crippen LogP contribution in [0.15, 0.2) is 37.9 Å². The molecule has 0 amide bonds. The molecule has 106 valence electrons. The minimum absolute atomic E-state index is 0.0124. The Labute approximate surface area is 124 Å². The van der Waals surface area contributed by atoms with E-state index in [1.165, 1.54) is 23.5 Å². The molecule has 1 heterocycles. The summed E-state index contributed by atoms with van der Waals surface area (Å²) in [6.45, 7) is 2.42. The van der Waals surface area contributed by atoms with E-state index in [1.807, 2.05) is 31.4 Å². The van der Waals surface area contributed by atoms with Crippen LogP contribution in [-0.4, -0.2) is 26.9 Å². The molecule has 0 saturated carbocycles. The average molecular weight is 309 g/mol. The van der Waals surface area contributed by atoms with Crippen LogP contribution in [0.25, 0.3) is 0 Å². The molecule has 1 aromatic carbocycles. The van der Waals surface area contributed by atoms with Crippen LogP contribution >= 0.6 is 23.5 Å². The molecular formula is C12H15N5OS2. The first kappa shape index (κ1) is 14.7. The average Bonchev–Trinajstić information content (AvgIpc) is 2.78. The van der Waals surface area contributed by atoms with E-state index < -0.39 is 0 Å². The normalized spacial score (nSPS) is 10.7. The van der Waals surface area contributed by atoms with E-state index in [4.69, 9.17) is 11.1 Å². The number of hydrogen-bond acceptors (Lipinski definition) is 5. The quantitative estimate of drug-likeness (QED) is 0.444. The number of aromatic amines is 1. The van der Waals surface area contributed by atoms with E-state index in [2.05, 4.69) is 10.2 Å². The van der Waals surface area contributed by atoms with Crippen LogP contribution in [0.1, 0.15) is 12.5 Å². The lowest BCUT2D eigenvalue weighted by Gasteiger charge is -2.11. The van der Waals surface area contributed by atoms with Crippen molar-refractivity contribution in [3.05, 3.63) is 34.2 Å². The number of amidine groups is 1. The highest BCUT2D eigenvalue weighted by Gasteiger charge is 2.15. The third-order valence-corrected chi connectivity index (χ3v) is 4.55. The molecule has 0 atom stereocenters. The van der Waals surface area contributed by atoms with Crippen LogP contribution in [0.2, 0.25) is 0 Å². The third-order valence-electron chi connectivity index (χ3n) is 2.72. The van der Waals surface area contributed by atoms with Gasteiger partial charge in [-0.1, -0.05) is 6.07 Å². The molecule has 2 aromatic rings. The van der Waals surface area contributed by atoms with Crippen LogP contribution in [0.4, 0.5) is 0 Å². The first-order valence-corrected chi connectivity index (χ1v) is 7.97. The van der Waals surface area contributed by atoms with Crippen molar-refractivity contribution in [1.82, 2.24) is 14.8 Å². The Morgan fingerprint density at radius 1 is 1.50 bits per heavy atom. The van der Waals surface area contributed by atoms with Crippen molar-refractivity contribution in [2.75, 3.05) is 6.26 Å². The van der Waals surface area contributed by atoms with Crippen molar-refractivity contribution >= 4 is 29.4 Å². The zero-order valence-corrected chi connectivity index (χ0v) is 12.8. The molecule has 0 bridgehead atoms. The first-order valence-electron chi connectivity index (χ1n) is 5.93. The lowest BCUT2D eigenvalue weighted by atomic mass is 10.2. The van der Waals surface area contributed by atoms with Crippen LogP contribution in [0, 0.1) is 5.41 Å².